The average molecular weight is 481 g/mol. The Morgan fingerprint density at radius 3 is 2.53 bits per heavy atom. The van der Waals surface area contributed by atoms with Crippen LogP contribution in [0.4, 0.5) is 10.5 Å². The number of halogens is 1. The lowest BCUT2D eigenvalue weighted by molar-refractivity contribution is -0.134. The van der Waals surface area contributed by atoms with E-state index < -0.39 is 0 Å². The number of ether oxygens (including phenoxy) is 1. The van der Waals surface area contributed by atoms with Crippen molar-refractivity contribution in [2.75, 3.05) is 25.5 Å². The van der Waals surface area contributed by atoms with Gasteiger partial charge >= 0.3 is 6.03 Å². The Morgan fingerprint density at radius 2 is 1.82 bits per heavy atom. The van der Waals surface area contributed by atoms with Gasteiger partial charge in [-0.2, -0.15) is 0 Å². The summed E-state index contributed by atoms with van der Waals surface area (Å²) in [7, 11) is 1.63. The Labute approximate surface area is 204 Å². The zero-order valence-electron chi connectivity index (χ0n) is 19.6. The standard InChI is InChI=1S/C26H29ClN4O3/c1-18(2)31(26(33)28-20-12-10-19(27)11-13-20)17-24(32)30-16-15-29-14-6-8-22(29)25(30)21-7-4-5-9-23(21)34-3/h4-14,18,25H,15-17H2,1-3H3,(H,28,33). The molecule has 0 saturated heterocycles. The van der Waals surface area contributed by atoms with Gasteiger partial charge in [-0.1, -0.05) is 29.8 Å². The molecule has 0 spiro atoms. The number of rotatable bonds is 6. The Bertz CT molecular complexity index is 1160. The summed E-state index contributed by atoms with van der Waals surface area (Å²) < 4.78 is 7.78. The summed E-state index contributed by atoms with van der Waals surface area (Å²) in [5, 5.41) is 3.45. The summed E-state index contributed by atoms with van der Waals surface area (Å²) in [6.45, 7) is 4.98. The fraction of sp³-hybridized carbons (Fsp3) is 0.308. The third-order valence-electron chi connectivity index (χ3n) is 6.08. The van der Waals surface area contributed by atoms with Crippen molar-refractivity contribution in [2.24, 2.45) is 0 Å². The highest BCUT2D eigenvalue weighted by Crippen LogP contribution is 2.37. The molecule has 1 aromatic heterocycles. The number of para-hydroxylation sites is 1. The van der Waals surface area contributed by atoms with Gasteiger partial charge in [-0.05, 0) is 56.3 Å². The second kappa shape index (κ2) is 10.2. The second-order valence-electron chi connectivity index (χ2n) is 8.52. The Kier molecular flexibility index (Phi) is 7.12. The molecule has 2 aromatic carbocycles. The number of carbonyl (C=O) groups is 2. The van der Waals surface area contributed by atoms with Crippen LogP contribution in [0.5, 0.6) is 5.75 Å². The van der Waals surface area contributed by atoms with Crippen LogP contribution in [-0.4, -0.2) is 52.5 Å². The molecule has 4 rings (SSSR count). The molecule has 3 amide bonds. The van der Waals surface area contributed by atoms with Crippen LogP contribution in [0.25, 0.3) is 0 Å². The van der Waals surface area contributed by atoms with Crippen molar-refractivity contribution in [1.82, 2.24) is 14.4 Å². The number of aromatic nitrogens is 1. The van der Waals surface area contributed by atoms with E-state index in [4.69, 9.17) is 16.3 Å². The Hall–Kier alpha value is -3.45. The van der Waals surface area contributed by atoms with Crippen molar-refractivity contribution < 1.29 is 14.3 Å². The number of hydrogen-bond acceptors (Lipinski definition) is 3. The molecule has 0 bridgehead atoms. The molecule has 8 heteroatoms. The number of nitrogens with zero attached hydrogens (tertiary/aromatic N) is 3. The number of carbonyl (C=O) groups excluding carboxylic acids is 2. The van der Waals surface area contributed by atoms with Gasteiger partial charge < -0.3 is 24.4 Å². The van der Waals surface area contributed by atoms with Crippen molar-refractivity contribution >= 4 is 29.2 Å². The smallest absolute Gasteiger partial charge is 0.322 e. The van der Waals surface area contributed by atoms with Crippen LogP contribution >= 0.6 is 11.6 Å². The molecular weight excluding hydrogens is 452 g/mol. The number of nitrogens with one attached hydrogen (secondary N) is 1. The lowest BCUT2D eigenvalue weighted by Gasteiger charge is -2.39. The first-order chi connectivity index (χ1) is 16.4. The molecule has 2 heterocycles. The van der Waals surface area contributed by atoms with Crippen LogP contribution in [0.2, 0.25) is 5.02 Å². The van der Waals surface area contributed by atoms with Gasteiger partial charge in [0.05, 0.1) is 7.11 Å². The summed E-state index contributed by atoms with van der Waals surface area (Å²) in [6, 6.07) is 17.9. The number of fused-ring (bicyclic) bond motifs is 1. The second-order valence-corrected chi connectivity index (χ2v) is 8.95. The number of hydrogen-bond donors (Lipinski definition) is 1. The zero-order chi connectivity index (χ0) is 24.2. The first-order valence-electron chi connectivity index (χ1n) is 11.3. The predicted octanol–water partition coefficient (Wildman–Crippen LogP) is 5.02. The van der Waals surface area contributed by atoms with Gasteiger partial charge in [0.2, 0.25) is 5.91 Å². The van der Waals surface area contributed by atoms with Crippen LogP contribution in [0.15, 0.2) is 66.9 Å². The minimum Gasteiger partial charge on any atom is -0.496 e. The molecule has 0 fully saturated rings. The molecule has 1 atom stereocenters. The maximum Gasteiger partial charge on any atom is 0.322 e. The highest BCUT2D eigenvalue weighted by Gasteiger charge is 2.35. The molecule has 0 aliphatic carbocycles. The van der Waals surface area contributed by atoms with E-state index in [9.17, 15) is 9.59 Å². The van der Waals surface area contributed by atoms with E-state index in [0.29, 0.717) is 23.8 Å². The van der Waals surface area contributed by atoms with Crippen molar-refractivity contribution in [3.63, 3.8) is 0 Å². The number of anilines is 1. The maximum absolute atomic E-state index is 13.7. The van der Waals surface area contributed by atoms with Gasteiger partial charge in [0.1, 0.15) is 18.3 Å². The fourth-order valence-electron chi connectivity index (χ4n) is 4.33. The number of urea groups is 1. The van der Waals surface area contributed by atoms with Crippen molar-refractivity contribution in [2.45, 2.75) is 32.5 Å². The van der Waals surface area contributed by atoms with E-state index in [2.05, 4.69) is 9.88 Å². The molecular formula is C26H29ClN4O3. The van der Waals surface area contributed by atoms with Gasteiger partial charge in [0.15, 0.2) is 0 Å². The summed E-state index contributed by atoms with van der Waals surface area (Å²) in [4.78, 5) is 30.1. The topological polar surface area (TPSA) is 66.8 Å². The van der Waals surface area contributed by atoms with Crippen molar-refractivity contribution in [3.05, 3.63) is 83.1 Å². The lowest BCUT2D eigenvalue weighted by Crippen LogP contribution is -2.50. The largest absolute Gasteiger partial charge is 0.496 e. The summed E-state index contributed by atoms with van der Waals surface area (Å²) >= 11 is 5.95. The van der Waals surface area contributed by atoms with Crippen LogP contribution in [0, 0.1) is 0 Å². The van der Waals surface area contributed by atoms with Crippen LogP contribution in [0.3, 0.4) is 0 Å². The van der Waals surface area contributed by atoms with Crippen LogP contribution in [-0.2, 0) is 11.3 Å². The Morgan fingerprint density at radius 1 is 1.09 bits per heavy atom. The molecule has 1 aliphatic rings. The third kappa shape index (κ3) is 4.89. The van der Waals surface area contributed by atoms with E-state index in [1.165, 1.54) is 0 Å². The number of benzene rings is 2. The zero-order valence-corrected chi connectivity index (χ0v) is 20.3. The fourth-order valence-corrected chi connectivity index (χ4v) is 4.45. The van der Waals surface area contributed by atoms with Gasteiger partial charge in [0, 0.05) is 47.3 Å². The normalized spacial score (nSPS) is 15.1. The summed E-state index contributed by atoms with van der Waals surface area (Å²) in [5.74, 6) is 0.601. The molecule has 0 saturated carbocycles. The quantitative estimate of drug-likeness (QED) is 0.538. The van der Waals surface area contributed by atoms with Gasteiger partial charge in [-0.25, -0.2) is 4.79 Å². The van der Waals surface area contributed by atoms with E-state index in [0.717, 1.165) is 17.0 Å². The summed E-state index contributed by atoms with van der Waals surface area (Å²) in [5.41, 5.74) is 2.56. The monoisotopic (exact) mass is 480 g/mol. The van der Waals surface area contributed by atoms with Crippen LogP contribution < -0.4 is 10.1 Å². The van der Waals surface area contributed by atoms with E-state index >= 15 is 0 Å². The number of methoxy groups -OCH3 is 1. The van der Waals surface area contributed by atoms with E-state index in [-0.39, 0.29) is 30.6 Å². The van der Waals surface area contributed by atoms with Gasteiger partial charge in [-0.15, -0.1) is 0 Å². The summed E-state index contributed by atoms with van der Waals surface area (Å²) in [6.07, 6.45) is 2.03. The maximum atomic E-state index is 13.7. The van der Waals surface area contributed by atoms with Crippen LogP contribution in [0.1, 0.15) is 31.1 Å². The lowest BCUT2D eigenvalue weighted by atomic mass is 9.98. The van der Waals surface area contributed by atoms with E-state index in [1.54, 1.807) is 36.3 Å². The molecule has 1 N–H and O–H groups in total. The highest BCUT2D eigenvalue weighted by molar-refractivity contribution is 6.30. The third-order valence-corrected chi connectivity index (χ3v) is 6.33. The molecule has 1 unspecified atom stereocenters. The predicted molar refractivity (Wildman–Crippen MR) is 133 cm³/mol. The number of amides is 3. The van der Waals surface area contributed by atoms with Gasteiger partial charge in [-0.3, -0.25) is 4.79 Å². The highest BCUT2D eigenvalue weighted by atomic mass is 35.5. The molecule has 178 valence electrons. The average Bonchev–Trinajstić information content (AvgIpc) is 3.32. The molecule has 7 nitrogen and oxygen atoms in total. The molecule has 1 aliphatic heterocycles. The molecule has 34 heavy (non-hydrogen) atoms. The van der Waals surface area contributed by atoms with Crippen molar-refractivity contribution in [1.29, 1.82) is 0 Å². The van der Waals surface area contributed by atoms with E-state index in [1.807, 2.05) is 61.3 Å². The first kappa shape index (κ1) is 23.7. The SMILES string of the molecule is COc1ccccc1C1c2cccn2CCN1C(=O)CN(C(=O)Nc1ccc(Cl)cc1)C(C)C. The van der Waals surface area contributed by atoms with Crippen molar-refractivity contribution in [3.8, 4) is 5.75 Å². The minimum atomic E-state index is -0.333. The van der Waals surface area contributed by atoms with Gasteiger partial charge in [0.25, 0.3) is 0 Å². The Balaban J connectivity index is 1.59. The molecule has 0 radical (unpaired) electrons. The minimum absolute atomic E-state index is 0.0382. The molecule has 3 aromatic rings. The first-order valence-corrected chi connectivity index (χ1v) is 11.7.